The monoisotopic (exact) mass is 295 g/mol. The number of amides is 2. The van der Waals surface area contributed by atoms with Gasteiger partial charge in [0.15, 0.2) is 0 Å². The van der Waals surface area contributed by atoms with Crippen molar-refractivity contribution in [1.29, 1.82) is 0 Å². The van der Waals surface area contributed by atoms with Gasteiger partial charge in [0.1, 0.15) is 5.75 Å². The van der Waals surface area contributed by atoms with Crippen molar-refractivity contribution in [3.63, 3.8) is 0 Å². The molecular weight excluding hydrogens is 282 g/mol. The number of hydrogen-bond acceptors (Lipinski definition) is 4. The van der Waals surface area contributed by atoms with Crippen molar-refractivity contribution >= 4 is 17.8 Å². The molecule has 0 saturated carbocycles. The lowest BCUT2D eigenvalue weighted by Crippen LogP contribution is -2.20. The lowest BCUT2D eigenvalue weighted by Gasteiger charge is -2.07. The molecule has 3 rings (SSSR count). The van der Waals surface area contributed by atoms with E-state index in [1.807, 2.05) is 0 Å². The van der Waals surface area contributed by atoms with E-state index < -0.39 is 5.91 Å². The fourth-order valence-corrected chi connectivity index (χ4v) is 2.37. The quantitative estimate of drug-likeness (QED) is 0.536. The predicted molar refractivity (Wildman–Crippen MR) is 79.6 cm³/mol. The molecule has 0 radical (unpaired) electrons. The summed E-state index contributed by atoms with van der Waals surface area (Å²) in [5, 5.41) is 2.29. The number of nitrogens with one attached hydrogen (secondary N) is 1. The maximum Gasteiger partial charge on any atom is 0.310 e. The summed E-state index contributed by atoms with van der Waals surface area (Å²) in [5.74, 6) is -0.630. The molecule has 2 aromatic carbocycles. The van der Waals surface area contributed by atoms with Crippen LogP contribution in [0.5, 0.6) is 5.75 Å². The maximum atomic E-state index is 11.9. The number of carbonyl (C=O) groups excluding carboxylic acids is 3. The Morgan fingerprint density at radius 1 is 1.00 bits per heavy atom. The van der Waals surface area contributed by atoms with Crippen LogP contribution in [0.3, 0.4) is 0 Å². The molecule has 1 N–H and O–H groups in total. The number of benzene rings is 2. The smallest absolute Gasteiger partial charge is 0.310 e. The summed E-state index contributed by atoms with van der Waals surface area (Å²) in [7, 11) is 0. The summed E-state index contributed by atoms with van der Waals surface area (Å²) in [5.41, 5.74) is 2.21. The van der Waals surface area contributed by atoms with Gasteiger partial charge in [0.25, 0.3) is 11.8 Å². The summed E-state index contributed by atoms with van der Waals surface area (Å²) >= 11 is 0. The van der Waals surface area contributed by atoms with E-state index in [4.69, 9.17) is 4.74 Å². The second-order valence-corrected chi connectivity index (χ2v) is 4.86. The number of carbonyl (C=O) groups is 3. The Morgan fingerprint density at radius 3 is 2.36 bits per heavy atom. The molecule has 5 heteroatoms. The molecule has 0 aromatic heterocycles. The fourth-order valence-electron chi connectivity index (χ4n) is 2.37. The first-order chi connectivity index (χ1) is 10.6. The average molecular weight is 295 g/mol. The Balaban J connectivity index is 1.98. The van der Waals surface area contributed by atoms with Crippen LogP contribution in [0.15, 0.2) is 42.5 Å². The van der Waals surface area contributed by atoms with Crippen molar-refractivity contribution in [1.82, 2.24) is 5.32 Å². The standard InChI is InChI=1S/C17H13NO4/c1-2-14(19)22-11-8-6-10(7-9-11)12-4-3-5-13-15(12)17(21)18-16(13)20/h3-9H,2H2,1H3,(H,18,20,21). The highest BCUT2D eigenvalue weighted by atomic mass is 16.5. The Hall–Kier alpha value is -2.95. The fraction of sp³-hybridized carbons (Fsp3) is 0.118. The first-order valence-electron chi connectivity index (χ1n) is 6.90. The molecule has 5 nitrogen and oxygen atoms in total. The normalized spacial score (nSPS) is 12.8. The molecule has 1 aliphatic rings. The molecule has 2 amide bonds. The van der Waals surface area contributed by atoms with Crippen molar-refractivity contribution in [3.8, 4) is 16.9 Å². The molecule has 110 valence electrons. The van der Waals surface area contributed by atoms with E-state index in [1.54, 1.807) is 49.4 Å². The number of fused-ring (bicyclic) bond motifs is 1. The molecule has 0 unspecified atom stereocenters. The Labute approximate surface area is 126 Å². The summed E-state index contributed by atoms with van der Waals surface area (Å²) < 4.78 is 5.11. The molecule has 0 bridgehead atoms. The minimum absolute atomic E-state index is 0.302. The molecular formula is C17H13NO4. The van der Waals surface area contributed by atoms with Gasteiger partial charge < -0.3 is 4.74 Å². The van der Waals surface area contributed by atoms with E-state index in [9.17, 15) is 14.4 Å². The molecule has 1 aliphatic heterocycles. The van der Waals surface area contributed by atoms with Crippen molar-refractivity contribution in [3.05, 3.63) is 53.6 Å². The van der Waals surface area contributed by atoms with Gasteiger partial charge in [-0.15, -0.1) is 0 Å². The second-order valence-electron chi connectivity index (χ2n) is 4.86. The summed E-state index contributed by atoms with van der Waals surface area (Å²) in [6.07, 6.45) is 0.302. The average Bonchev–Trinajstić information content (AvgIpc) is 2.83. The van der Waals surface area contributed by atoms with E-state index in [0.29, 0.717) is 28.9 Å². The highest BCUT2D eigenvalue weighted by molar-refractivity contribution is 6.24. The maximum absolute atomic E-state index is 11.9. The highest BCUT2D eigenvalue weighted by Gasteiger charge is 2.29. The number of esters is 1. The van der Waals surface area contributed by atoms with Crippen LogP contribution < -0.4 is 10.1 Å². The number of imide groups is 1. The molecule has 2 aromatic rings. The summed E-state index contributed by atoms with van der Waals surface area (Å²) in [6.45, 7) is 1.72. The summed E-state index contributed by atoms with van der Waals surface area (Å²) in [6, 6.07) is 12.0. The topological polar surface area (TPSA) is 72.5 Å². The Morgan fingerprint density at radius 2 is 1.68 bits per heavy atom. The SMILES string of the molecule is CCC(=O)Oc1ccc(-c2cccc3c2C(=O)NC3=O)cc1. The van der Waals surface area contributed by atoms with E-state index >= 15 is 0 Å². The van der Waals surface area contributed by atoms with E-state index in [2.05, 4.69) is 5.32 Å². The van der Waals surface area contributed by atoms with Crippen molar-refractivity contribution in [2.24, 2.45) is 0 Å². The van der Waals surface area contributed by atoms with Crippen LogP contribution in [0.2, 0.25) is 0 Å². The zero-order chi connectivity index (χ0) is 15.7. The van der Waals surface area contributed by atoms with Crippen LogP contribution >= 0.6 is 0 Å². The van der Waals surface area contributed by atoms with Crippen LogP contribution in [0.25, 0.3) is 11.1 Å². The molecule has 0 aliphatic carbocycles. The Bertz CT molecular complexity index is 778. The molecule has 1 heterocycles. The van der Waals surface area contributed by atoms with Gasteiger partial charge in [0.05, 0.1) is 11.1 Å². The number of hydrogen-bond donors (Lipinski definition) is 1. The highest BCUT2D eigenvalue weighted by Crippen LogP contribution is 2.30. The van der Waals surface area contributed by atoms with E-state index in [0.717, 1.165) is 5.56 Å². The van der Waals surface area contributed by atoms with Crippen LogP contribution in [0.1, 0.15) is 34.1 Å². The Kier molecular flexibility index (Phi) is 3.47. The van der Waals surface area contributed by atoms with Gasteiger partial charge in [-0.05, 0) is 29.3 Å². The molecule has 0 saturated heterocycles. The largest absolute Gasteiger partial charge is 0.427 e. The second kappa shape index (κ2) is 5.44. The van der Waals surface area contributed by atoms with Crippen LogP contribution in [-0.2, 0) is 4.79 Å². The molecule has 0 spiro atoms. The minimum atomic E-state index is -0.392. The van der Waals surface area contributed by atoms with Crippen LogP contribution in [0, 0.1) is 0 Å². The number of ether oxygens (including phenoxy) is 1. The van der Waals surface area contributed by atoms with E-state index in [-0.39, 0.29) is 11.9 Å². The minimum Gasteiger partial charge on any atom is -0.427 e. The third-order valence-corrected chi connectivity index (χ3v) is 3.45. The third kappa shape index (κ3) is 2.37. The van der Waals surface area contributed by atoms with Gasteiger partial charge in [0, 0.05) is 6.42 Å². The van der Waals surface area contributed by atoms with Gasteiger partial charge in [-0.25, -0.2) is 0 Å². The van der Waals surface area contributed by atoms with Crippen LogP contribution in [-0.4, -0.2) is 17.8 Å². The van der Waals surface area contributed by atoms with E-state index in [1.165, 1.54) is 0 Å². The van der Waals surface area contributed by atoms with Gasteiger partial charge in [-0.2, -0.15) is 0 Å². The first kappa shape index (κ1) is 14.0. The lowest BCUT2D eigenvalue weighted by atomic mass is 9.96. The zero-order valence-corrected chi connectivity index (χ0v) is 11.9. The van der Waals surface area contributed by atoms with Gasteiger partial charge in [0.2, 0.25) is 0 Å². The molecule has 0 atom stereocenters. The van der Waals surface area contributed by atoms with Crippen molar-refractivity contribution < 1.29 is 19.1 Å². The van der Waals surface area contributed by atoms with Gasteiger partial charge >= 0.3 is 5.97 Å². The molecule has 22 heavy (non-hydrogen) atoms. The van der Waals surface area contributed by atoms with Gasteiger partial charge in [-0.3, -0.25) is 19.7 Å². The van der Waals surface area contributed by atoms with Crippen molar-refractivity contribution in [2.45, 2.75) is 13.3 Å². The zero-order valence-electron chi connectivity index (χ0n) is 11.9. The first-order valence-corrected chi connectivity index (χ1v) is 6.90. The molecule has 0 fully saturated rings. The summed E-state index contributed by atoms with van der Waals surface area (Å²) in [4.78, 5) is 34.9. The van der Waals surface area contributed by atoms with Gasteiger partial charge in [-0.1, -0.05) is 31.2 Å². The number of rotatable bonds is 3. The third-order valence-electron chi connectivity index (χ3n) is 3.45. The van der Waals surface area contributed by atoms with Crippen molar-refractivity contribution in [2.75, 3.05) is 0 Å². The predicted octanol–water partition coefficient (Wildman–Crippen LogP) is 2.55. The van der Waals surface area contributed by atoms with Crippen LogP contribution in [0.4, 0.5) is 0 Å². The lowest BCUT2D eigenvalue weighted by molar-refractivity contribution is -0.134.